The van der Waals surface area contributed by atoms with E-state index >= 15 is 0 Å². The van der Waals surface area contributed by atoms with Crippen LogP contribution in [0, 0.1) is 6.92 Å². The number of carbonyl (C=O) groups excluding carboxylic acids is 3. The van der Waals surface area contributed by atoms with Crippen molar-refractivity contribution >= 4 is 50.7 Å². The molecule has 1 aromatic carbocycles. The number of amides is 3. The van der Waals surface area contributed by atoms with Crippen LogP contribution >= 0.6 is 22.9 Å². The van der Waals surface area contributed by atoms with Crippen LogP contribution in [0.5, 0.6) is 0 Å². The second-order valence-corrected chi connectivity index (χ2v) is 6.75. The molecule has 0 saturated heterocycles. The van der Waals surface area contributed by atoms with E-state index in [0.29, 0.717) is 21.2 Å². The molecule has 3 aromatic rings. The quantitative estimate of drug-likeness (QED) is 0.595. The van der Waals surface area contributed by atoms with Crippen molar-refractivity contribution in [1.82, 2.24) is 16.2 Å². The fourth-order valence-corrected chi connectivity index (χ4v) is 3.69. The van der Waals surface area contributed by atoms with Crippen molar-refractivity contribution < 1.29 is 18.8 Å². The Bertz CT molecular complexity index is 995. The van der Waals surface area contributed by atoms with Gasteiger partial charge in [0.05, 0.1) is 23.4 Å². The Hall–Kier alpha value is -2.84. The van der Waals surface area contributed by atoms with Gasteiger partial charge in [-0.2, -0.15) is 0 Å². The van der Waals surface area contributed by atoms with Crippen molar-refractivity contribution in [2.75, 3.05) is 6.54 Å². The average Bonchev–Trinajstić information content (AvgIpc) is 3.21. The summed E-state index contributed by atoms with van der Waals surface area (Å²) in [6.07, 6.45) is 1.38. The van der Waals surface area contributed by atoms with Gasteiger partial charge in [-0.25, -0.2) is 0 Å². The highest BCUT2D eigenvalue weighted by atomic mass is 35.5. The molecule has 2 aromatic heterocycles. The molecule has 0 atom stereocenters. The molecule has 0 aliphatic heterocycles. The third kappa shape index (κ3) is 3.71. The average molecular weight is 392 g/mol. The highest BCUT2D eigenvalue weighted by molar-refractivity contribution is 7.21. The Labute approximate surface area is 157 Å². The third-order valence-corrected chi connectivity index (χ3v) is 5.24. The van der Waals surface area contributed by atoms with E-state index in [1.54, 1.807) is 6.92 Å². The van der Waals surface area contributed by atoms with E-state index < -0.39 is 17.7 Å². The summed E-state index contributed by atoms with van der Waals surface area (Å²) in [6, 6.07) is 8.87. The van der Waals surface area contributed by atoms with Crippen molar-refractivity contribution in [3.8, 4) is 0 Å². The number of thiophene rings is 1. The van der Waals surface area contributed by atoms with Gasteiger partial charge in [0, 0.05) is 10.1 Å². The van der Waals surface area contributed by atoms with Gasteiger partial charge in [-0.3, -0.25) is 25.2 Å². The van der Waals surface area contributed by atoms with Gasteiger partial charge in [0.2, 0.25) is 0 Å². The maximum atomic E-state index is 12.2. The number of carbonyl (C=O) groups is 3. The molecule has 0 saturated carbocycles. The summed E-state index contributed by atoms with van der Waals surface area (Å²) >= 11 is 7.47. The summed E-state index contributed by atoms with van der Waals surface area (Å²) in [5.41, 5.74) is 4.78. The van der Waals surface area contributed by atoms with E-state index in [1.165, 1.54) is 23.7 Å². The van der Waals surface area contributed by atoms with Crippen LogP contribution in [-0.4, -0.2) is 24.3 Å². The summed E-state index contributed by atoms with van der Waals surface area (Å²) in [5.74, 6) is -1.11. The second-order valence-electron chi connectivity index (χ2n) is 5.32. The standard InChI is InChI=1S/C17H14ClN3O4S/c1-9-10(6-7-25-9)16(23)21-20-13(22)8-19-17(24)15-14(18)11-4-2-3-5-12(11)26-15/h2-7H,8H2,1H3,(H,19,24)(H,20,22)(H,21,23). The van der Waals surface area contributed by atoms with Crippen LogP contribution in [0.2, 0.25) is 5.02 Å². The number of hydrogen-bond donors (Lipinski definition) is 3. The summed E-state index contributed by atoms with van der Waals surface area (Å²) in [5, 5.41) is 3.62. The molecule has 2 heterocycles. The Morgan fingerprint density at radius 3 is 2.58 bits per heavy atom. The number of furan rings is 1. The van der Waals surface area contributed by atoms with Crippen LogP contribution in [0.1, 0.15) is 25.8 Å². The lowest BCUT2D eigenvalue weighted by Gasteiger charge is -2.07. The fraction of sp³-hybridized carbons (Fsp3) is 0.118. The molecule has 0 spiro atoms. The molecular formula is C17H14ClN3O4S. The van der Waals surface area contributed by atoms with E-state index in [2.05, 4.69) is 16.2 Å². The van der Waals surface area contributed by atoms with Gasteiger partial charge in [-0.05, 0) is 19.1 Å². The lowest BCUT2D eigenvalue weighted by Crippen LogP contribution is -2.46. The SMILES string of the molecule is Cc1occc1C(=O)NNC(=O)CNC(=O)c1sc2ccccc2c1Cl. The van der Waals surface area contributed by atoms with Crippen molar-refractivity contribution in [3.63, 3.8) is 0 Å². The molecule has 134 valence electrons. The monoisotopic (exact) mass is 391 g/mol. The summed E-state index contributed by atoms with van der Waals surface area (Å²) in [4.78, 5) is 36.2. The molecule has 0 unspecified atom stereocenters. The van der Waals surface area contributed by atoms with Gasteiger partial charge in [0.25, 0.3) is 17.7 Å². The zero-order valence-electron chi connectivity index (χ0n) is 13.6. The molecule has 3 N–H and O–H groups in total. The number of nitrogens with one attached hydrogen (secondary N) is 3. The molecule has 0 bridgehead atoms. The first-order valence-corrected chi connectivity index (χ1v) is 8.75. The summed E-state index contributed by atoms with van der Waals surface area (Å²) in [7, 11) is 0. The summed E-state index contributed by atoms with van der Waals surface area (Å²) < 4.78 is 5.90. The molecule has 3 rings (SSSR count). The number of aryl methyl sites for hydroxylation is 1. The molecule has 0 radical (unpaired) electrons. The van der Waals surface area contributed by atoms with Crippen LogP contribution in [-0.2, 0) is 4.79 Å². The Morgan fingerprint density at radius 1 is 1.12 bits per heavy atom. The molecule has 0 aliphatic carbocycles. The lowest BCUT2D eigenvalue weighted by molar-refractivity contribution is -0.120. The molecule has 0 aliphatic rings. The molecule has 26 heavy (non-hydrogen) atoms. The topological polar surface area (TPSA) is 100 Å². The highest BCUT2D eigenvalue weighted by Crippen LogP contribution is 2.34. The normalized spacial score (nSPS) is 10.5. The lowest BCUT2D eigenvalue weighted by atomic mass is 10.2. The second kappa shape index (κ2) is 7.59. The predicted molar refractivity (Wildman–Crippen MR) is 98.2 cm³/mol. The van der Waals surface area contributed by atoms with E-state index in [0.717, 1.165) is 10.1 Å². The van der Waals surface area contributed by atoms with Crippen molar-refractivity contribution in [3.05, 3.63) is 57.8 Å². The number of hydrogen-bond acceptors (Lipinski definition) is 5. The number of fused-ring (bicyclic) bond motifs is 1. The smallest absolute Gasteiger partial charge is 0.273 e. The molecule has 7 nitrogen and oxygen atoms in total. The Balaban J connectivity index is 1.54. The van der Waals surface area contributed by atoms with E-state index in [1.807, 2.05) is 24.3 Å². The number of halogens is 1. The number of hydrazine groups is 1. The van der Waals surface area contributed by atoms with Crippen molar-refractivity contribution in [1.29, 1.82) is 0 Å². The van der Waals surface area contributed by atoms with Crippen LogP contribution in [0.15, 0.2) is 41.0 Å². The maximum absolute atomic E-state index is 12.2. The first kappa shape index (κ1) is 18.0. The predicted octanol–water partition coefficient (Wildman–Crippen LogP) is 2.65. The zero-order valence-corrected chi connectivity index (χ0v) is 15.2. The minimum atomic E-state index is -0.579. The van der Waals surface area contributed by atoms with Crippen LogP contribution < -0.4 is 16.2 Å². The maximum Gasteiger partial charge on any atom is 0.273 e. The first-order valence-electron chi connectivity index (χ1n) is 7.56. The van der Waals surface area contributed by atoms with Crippen LogP contribution in [0.3, 0.4) is 0 Å². The zero-order chi connectivity index (χ0) is 18.7. The van der Waals surface area contributed by atoms with Crippen LogP contribution in [0.25, 0.3) is 10.1 Å². The first-order chi connectivity index (χ1) is 12.5. The molecule has 0 fully saturated rings. The van der Waals surface area contributed by atoms with Gasteiger partial charge in [0.1, 0.15) is 10.6 Å². The Morgan fingerprint density at radius 2 is 1.88 bits per heavy atom. The Kier molecular flexibility index (Phi) is 5.24. The molecule has 9 heteroatoms. The van der Waals surface area contributed by atoms with E-state index in [4.69, 9.17) is 16.0 Å². The largest absolute Gasteiger partial charge is 0.469 e. The molecule has 3 amide bonds. The minimum absolute atomic E-state index is 0.311. The molecular weight excluding hydrogens is 378 g/mol. The van der Waals surface area contributed by atoms with Gasteiger partial charge < -0.3 is 9.73 Å². The summed E-state index contributed by atoms with van der Waals surface area (Å²) in [6.45, 7) is 1.32. The van der Waals surface area contributed by atoms with Crippen LogP contribution in [0.4, 0.5) is 0 Å². The van der Waals surface area contributed by atoms with Gasteiger partial charge >= 0.3 is 0 Å². The number of rotatable bonds is 4. The third-order valence-electron chi connectivity index (χ3n) is 3.57. The van der Waals surface area contributed by atoms with Gasteiger partial charge in [-0.15, -0.1) is 11.3 Å². The number of benzene rings is 1. The highest BCUT2D eigenvalue weighted by Gasteiger charge is 2.18. The van der Waals surface area contributed by atoms with Gasteiger partial charge in [-0.1, -0.05) is 29.8 Å². The van der Waals surface area contributed by atoms with E-state index in [-0.39, 0.29) is 6.54 Å². The van der Waals surface area contributed by atoms with Gasteiger partial charge in [0.15, 0.2) is 0 Å². The minimum Gasteiger partial charge on any atom is -0.469 e. The van der Waals surface area contributed by atoms with Crippen molar-refractivity contribution in [2.24, 2.45) is 0 Å². The van der Waals surface area contributed by atoms with E-state index in [9.17, 15) is 14.4 Å². The van der Waals surface area contributed by atoms with Crippen molar-refractivity contribution in [2.45, 2.75) is 6.92 Å². The fourth-order valence-electron chi connectivity index (χ4n) is 2.26.